The van der Waals surface area contributed by atoms with Crippen molar-refractivity contribution in [1.29, 1.82) is 0 Å². The number of carboxylic acid groups (broad SMARTS) is 1. The molecule has 8 nitrogen and oxygen atoms in total. The summed E-state index contributed by atoms with van der Waals surface area (Å²) in [7, 11) is 3.09. The number of alkyl halides is 9. The largest absolute Gasteiger partial charge is 0.465 e. The smallest absolute Gasteiger partial charge is 0.416 e. The second kappa shape index (κ2) is 13.4. The zero-order valence-corrected chi connectivity index (χ0v) is 25.2. The zero-order valence-electron chi connectivity index (χ0n) is 25.2. The van der Waals surface area contributed by atoms with Gasteiger partial charge in [0.1, 0.15) is 11.6 Å². The van der Waals surface area contributed by atoms with E-state index in [4.69, 9.17) is 4.74 Å². The highest BCUT2D eigenvalue weighted by Gasteiger charge is 2.42. The number of carbonyl (C=O) groups is 1. The molecule has 47 heavy (non-hydrogen) atoms. The number of likely N-dealkylation sites (N-methyl/N-ethyl adjacent to an activating group) is 1. The summed E-state index contributed by atoms with van der Waals surface area (Å²) >= 11 is 0. The molecule has 0 aliphatic carbocycles. The van der Waals surface area contributed by atoms with Crippen LogP contribution in [0.1, 0.15) is 53.6 Å². The molecule has 1 aliphatic rings. The molecule has 2 atom stereocenters. The minimum atomic E-state index is -5.15. The first kappa shape index (κ1) is 35.6. The molecule has 0 fully saturated rings. The Hall–Kier alpha value is -4.28. The molecule has 0 bridgehead atoms. The molecule has 2 heterocycles. The van der Waals surface area contributed by atoms with Crippen LogP contribution < -0.4 is 14.7 Å². The lowest BCUT2D eigenvalue weighted by atomic mass is 9.87. The molecule has 0 spiro atoms. The van der Waals surface area contributed by atoms with Gasteiger partial charge in [0, 0.05) is 33.3 Å². The lowest BCUT2D eigenvalue weighted by molar-refractivity contribution is -0.143. The predicted molar refractivity (Wildman–Crippen MR) is 153 cm³/mol. The SMILES string of the molecule is CC[C@@H]1C[C@H](N(Cc2cc(C(F)(F)F)cc(C(F)(F)F)c2)c2cncc(N(C)CCOC)n2)c2cc(C(F)(F)F)ccc2N1C(=O)O. The normalized spacial score (nSPS) is 17.0. The van der Waals surface area contributed by atoms with Crippen LogP contribution in [-0.4, -0.2) is 54.5 Å². The highest BCUT2D eigenvalue weighted by Crippen LogP contribution is 2.46. The van der Waals surface area contributed by atoms with E-state index in [1.807, 2.05) is 0 Å². The van der Waals surface area contributed by atoms with Crippen LogP contribution in [0.2, 0.25) is 0 Å². The van der Waals surface area contributed by atoms with Gasteiger partial charge in [0.25, 0.3) is 0 Å². The number of ether oxygens (including phenoxy) is 1. The van der Waals surface area contributed by atoms with Crippen LogP contribution in [0.3, 0.4) is 0 Å². The summed E-state index contributed by atoms with van der Waals surface area (Å²) in [5, 5.41) is 10.0. The molecule has 0 saturated heterocycles. The van der Waals surface area contributed by atoms with E-state index < -0.39 is 65.5 Å². The van der Waals surface area contributed by atoms with Gasteiger partial charge < -0.3 is 19.6 Å². The fourth-order valence-electron chi connectivity index (χ4n) is 5.48. The number of hydrogen-bond acceptors (Lipinski definition) is 6. The first-order chi connectivity index (χ1) is 21.8. The molecule has 2 aromatic carbocycles. The molecular weight excluding hydrogens is 649 g/mol. The molecular formula is C30H30F9N5O3. The molecule has 1 amide bonds. The van der Waals surface area contributed by atoms with Gasteiger partial charge in [-0.05, 0) is 60.4 Å². The first-order valence-corrected chi connectivity index (χ1v) is 14.2. The summed E-state index contributed by atoms with van der Waals surface area (Å²) in [4.78, 5) is 24.8. The summed E-state index contributed by atoms with van der Waals surface area (Å²) in [5.74, 6) is 0.147. The fraction of sp³-hybridized carbons (Fsp3) is 0.433. The van der Waals surface area contributed by atoms with Gasteiger partial charge in [-0.3, -0.25) is 9.88 Å². The van der Waals surface area contributed by atoms with Gasteiger partial charge in [-0.2, -0.15) is 39.5 Å². The van der Waals surface area contributed by atoms with Crippen LogP contribution in [0.15, 0.2) is 48.8 Å². The van der Waals surface area contributed by atoms with Gasteiger partial charge in [-0.15, -0.1) is 0 Å². The third kappa shape index (κ3) is 8.00. The van der Waals surface area contributed by atoms with Crippen molar-refractivity contribution in [3.63, 3.8) is 0 Å². The van der Waals surface area contributed by atoms with E-state index in [0.717, 1.165) is 17.0 Å². The maximum Gasteiger partial charge on any atom is 0.416 e. The molecule has 1 aliphatic heterocycles. The van der Waals surface area contributed by atoms with Crippen molar-refractivity contribution >= 4 is 23.4 Å². The lowest BCUT2D eigenvalue weighted by Gasteiger charge is -2.44. The second-order valence-corrected chi connectivity index (χ2v) is 10.9. The van der Waals surface area contributed by atoms with E-state index >= 15 is 0 Å². The number of benzene rings is 2. The minimum absolute atomic E-state index is 0.0254. The van der Waals surface area contributed by atoms with Gasteiger partial charge in [-0.25, -0.2) is 9.78 Å². The van der Waals surface area contributed by atoms with Crippen molar-refractivity contribution in [1.82, 2.24) is 9.97 Å². The Balaban J connectivity index is 1.98. The van der Waals surface area contributed by atoms with Gasteiger partial charge in [0.15, 0.2) is 0 Å². The molecule has 17 heteroatoms. The molecule has 4 rings (SSSR count). The Morgan fingerprint density at radius 3 is 2.06 bits per heavy atom. The summed E-state index contributed by atoms with van der Waals surface area (Å²) in [5.41, 5.74) is -5.01. The van der Waals surface area contributed by atoms with Crippen molar-refractivity contribution in [3.05, 3.63) is 76.6 Å². The van der Waals surface area contributed by atoms with E-state index in [1.165, 1.54) is 24.4 Å². The number of amides is 1. The predicted octanol–water partition coefficient (Wildman–Crippen LogP) is 8.03. The number of anilines is 3. The second-order valence-electron chi connectivity index (χ2n) is 10.9. The number of fused-ring (bicyclic) bond motifs is 1. The molecule has 3 aromatic rings. The highest BCUT2D eigenvalue weighted by atomic mass is 19.4. The number of rotatable bonds is 9. The molecule has 256 valence electrons. The number of hydrogen-bond donors (Lipinski definition) is 1. The van der Waals surface area contributed by atoms with Crippen LogP contribution in [-0.2, 0) is 29.8 Å². The standard InChI is InChI=1S/C30H30F9N5O3/c1-4-21-13-24(22-12-18(28(31,32)33)5-6-23(22)44(21)27(45)46)43(26-15-40-14-25(41-26)42(2)7-8-47-3)16-17-9-19(29(34,35)36)11-20(10-17)30(37,38)39/h5-6,9-12,14-15,21,24H,4,7-8,13,16H2,1-3H3,(H,45,46)/t21-,24+/m1/s1. The summed E-state index contributed by atoms with van der Waals surface area (Å²) in [6.45, 7) is 1.53. The number of methoxy groups -OCH3 is 1. The monoisotopic (exact) mass is 679 g/mol. The topological polar surface area (TPSA) is 82.0 Å². The molecule has 1 N–H and O–H groups in total. The van der Waals surface area contributed by atoms with Crippen molar-refractivity contribution in [2.45, 2.75) is 56.9 Å². The minimum Gasteiger partial charge on any atom is -0.465 e. The van der Waals surface area contributed by atoms with E-state index in [-0.39, 0.29) is 48.4 Å². The maximum atomic E-state index is 13.9. The van der Waals surface area contributed by atoms with Crippen molar-refractivity contribution in [2.24, 2.45) is 0 Å². The zero-order chi connectivity index (χ0) is 34.9. The Labute approximate surface area is 263 Å². The Morgan fingerprint density at radius 2 is 1.53 bits per heavy atom. The first-order valence-electron chi connectivity index (χ1n) is 14.2. The van der Waals surface area contributed by atoms with Crippen molar-refractivity contribution < 1.29 is 54.2 Å². The third-order valence-corrected chi connectivity index (χ3v) is 7.81. The van der Waals surface area contributed by atoms with Gasteiger partial charge >= 0.3 is 24.6 Å². The Bertz CT molecular complexity index is 1550. The van der Waals surface area contributed by atoms with Gasteiger partial charge in [0.05, 0.1) is 47.4 Å². The summed E-state index contributed by atoms with van der Waals surface area (Å²) in [6.07, 6.45) is -14.1. The quantitative estimate of drug-likeness (QED) is 0.230. The average Bonchev–Trinajstić information content (AvgIpc) is 2.99. The summed E-state index contributed by atoms with van der Waals surface area (Å²) in [6, 6.07) is 1.46. The number of aromatic nitrogens is 2. The number of nitrogens with zero attached hydrogens (tertiary/aromatic N) is 5. The third-order valence-electron chi connectivity index (χ3n) is 7.81. The lowest BCUT2D eigenvalue weighted by Crippen LogP contribution is -2.47. The maximum absolute atomic E-state index is 13.9. The van der Waals surface area contributed by atoms with Crippen molar-refractivity contribution in [3.8, 4) is 0 Å². The van der Waals surface area contributed by atoms with Gasteiger partial charge in [0.2, 0.25) is 0 Å². The van der Waals surface area contributed by atoms with Crippen LogP contribution in [0.5, 0.6) is 0 Å². The molecule has 0 saturated carbocycles. The van der Waals surface area contributed by atoms with Crippen molar-refractivity contribution in [2.75, 3.05) is 42.0 Å². The van der Waals surface area contributed by atoms with Gasteiger partial charge in [-0.1, -0.05) is 6.92 Å². The van der Waals surface area contributed by atoms with Crippen LogP contribution in [0.25, 0.3) is 0 Å². The molecule has 0 unspecified atom stereocenters. The van der Waals surface area contributed by atoms with E-state index in [2.05, 4.69) is 9.97 Å². The highest BCUT2D eigenvalue weighted by molar-refractivity contribution is 5.89. The Kier molecular flexibility index (Phi) is 10.2. The van der Waals surface area contributed by atoms with Crippen LogP contribution >= 0.6 is 0 Å². The van der Waals surface area contributed by atoms with E-state index in [1.54, 1.807) is 18.9 Å². The van der Waals surface area contributed by atoms with E-state index in [0.29, 0.717) is 24.7 Å². The fourth-order valence-corrected chi connectivity index (χ4v) is 5.48. The molecule has 1 aromatic heterocycles. The van der Waals surface area contributed by atoms with Crippen LogP contribution in [0, 0.1) is 0 Å². The number of halogens is 9. The van der Waals surface area contributed by atoms with Crippen LogP contribution in [0.4, 0.5) is 61.6 Å². The van der Waals surface area contributed by atoms with E-state index in [9.17, 15) is 49.4 Å². The average molecular weight is 680 g/mol. The molecule has 0 radical (unpaired) electrons. The Morgan fingerprint density at radius 1 is 0.936 bits per heavy atom. The summed E-state index contributed by atoms with van der Waals surface area (Å²) < 4.78 is 129.